The van der Waals surface area contributed by atoms with Gasteiger partial charge in [0.15, 0.2) is 5.78 Å². The molecule has 1 aromatic heterocycles. The number of carbonyl (C=O) groups excluding carboxylic acids is 5. The maximum atomic E-state index is 12.6. The molecule has 0 fully saturated rings. The highest BCUT2D eigenvalue weighted by Crippen LogP contribution is 2.34. The van der Waals surface area contributed by atoms with E-state index in [9.17, 15) is 34.1 Å². The van der Waals surface area contributed by atoms with Crippen molar-refractivity contribution in [2.75, 3.05) is 18.5 Å². The van der Waals surface area contributed by atoms with Gasteiger partial charge in [-0.15, -0.1) is 11.3 Å². The molecule has 0 radical (unpaired) electrons. The minimum Gasteiger partial charge on any atom is -0.462 e. The number of nitrogens with zero attached hydrogens (tertiary/aromatic N) is 2. The zero-order valence-electron chi connectivity index (χ0n) is 20.0. The second kappa shape index (κ2) is 11.2. The van der Waals surface area contributed by atoms with Crippen LogP contribution in [0.15, 0.2) is 18.2 Å². The van der Waals surface area contributed by atoms with Crippen LogP contribution in [0.4, 0.5) is 10.7 Å². The van der Waals surface area contributed by atoms with Crippen LogP contribution in [0.25, 0.3) is 0 Å². The lowest BCUT2D eigenvalue weighted by molar-refractivity contribution is -0.385. The Labute approximate surface area is 210 Å². The Morgan fingerprint density at radius 3 is 2.50 bits per heavy atom. The van der Waals surface area contributed by atoms with Gasteiger partial charge in [0.2, 0.25) is 5.91 Å². The van der Waals surface area contributed by atoms with E-state index in [2.05, 4.69) is 5.32 Å². The van der Waals surface area contributed by atoms with Crippen LogP contribution in [-0.2, 0) is 9.53 Å². The molecule has 0 atom stereocenters. The summed E-state index contributed by atoms with van der Waals surface area (Å²) in [5, 5.41) is 14.1. The number of Topliss-reactive ketones (excluding diaryl/α,β-unsaturated/α-hetero) is 1. The predicted molar refractivity (Wildman–Crippen MR) is 131 cm³/mol. The summed E-state index contributed by atoms with van der Waals surface area (Å²) in [4.78, 5) is 73.7. The number of nitrogens with one attached hydrogen (secondary N) is 1. The van der Waals surface area contributed by atoms with Crippen LogP contribution in [0, 0.1) is 17.0 Å². The molecule has 3 amide bonds. The van der Waals surface area contributed by atoms with Crippen LogP contribution >= 0.6 is 11.3 Å². The van der Waals surface area contributed by atoms with Gasteiger partial charge in [-0.05, 0) is 45.2 Å². The van der Waals surface area contributed by atoms with Gasteiger partial charge in [0.25, 0.3) is 17.5 Å². The third-order valence-electron chi connectivity index (χ3n) is 5.66. The molecule has 1 N–H and O–H groups in total. The third kappa shape index (κ3) is 5.33. The highest BCUT2D eigenvalue weighted by Gasteiger charge is 2.40. The minimum atomic E-state index is -0.694. The van der Waals surface area contributed by atoms with E-state index in [0.29, 0.717) is 29.7 Å². The fourth-order valence-electron chi connectivity index (χ4n) is 3.98. The summed E-state index contributed by atoms with van der Waals surface area (Å²) in [7, 11) is 0. The summed E-state index contributed by atoms with van der Waals surface area (Å²) in [6, 6.07) is 3.95. The van der Waals surface area contributed by atoms with E-state index >= 15 is 0 Å². The van der Waals surface area contributed by atoms with E-state index in [4.69, 9.17) is 4.74 Å². The first-order chi connectivity index (χ1) is 17.1. The van der Waals surface area contributed by atoms with Crippen LogP contribution in [-0.4, -0.2) is 52.4 Å². The van der Waals surface area contributed by atoms with Crippen LogP contribution in [0.3, 0.4) is 0 Å². The molecule has 1 aromatic carbocycles. The van der Waals surface area contributed by atoms with Gasteiger partial charge in [-0.1, -0.05) is 12.5 Å². The highest BCUT2D eigenvalue weighted by atomic mass is 32.1. The van der Waals surface area contributed by atoms with Gasteiger partial charge < -0.3 is 10.1 Å². The zero-order valence-corrected chi connectivity index (χ0v) is 20.9. The Balaban J connectivity index is 1.54. The molecule has 0 saturated heterocycles. The van der Waals surface area contributed by atoms with Crippen LogP contribution in [0.2, 0.25) is 0 Å². The lowest BCUT2D eigenvalue weighted by atomic mass is 10.1. The van der Waals surface area contributed by atoms with Crippen LogP contribution in [0.1, 0.15) is 85.8 Å². The number of ether oxygens (including phenoxy) is 1. The number of imide groups is 1. The number of benzene rings is 1. The van der Waals surface area contributed by atoms with Crippen molar-refractivity contribution in [3.8, 4) is 0 Å². The van der Waals surface area contributed by atoms with Crippen molar-refractivity contribution in [3.05, 3.63) is 55.4 Å². The van der Waals surface area contributed by atoms with Gasteiger partial charge in [0.05, 0.1) is 27.5 Å². The van der Waals surface area contributed by atoms with Crippen molar-refractivity contribution in [2.24, 2.45) is 0 Å². The molecule has 190 valence electrons. The molecule has 1 aliphatic rings. The third-order valence-corrected chi connectivity index (χ3v) is 6.97. The summed E-state index contributed by atoms with van der Waals surface area (Å²) >= 11 is 1.02. The number of fused-ring (bicyclic) bond motifs is 1. The molecule has 11 nitrogen and oxygen atoms in total. The molecule has 36 heavy (non-hydrogen) atoms. The lowest BCUT2D eigenvalue weighted by Crippen LogP contribution is -2.30. The molecule has 2 aromatic rings. The van der Waals surface area contributed by atoms with Crippen LogP contribution < -0.4 is 5.32 Å². The van der Waals surface area contributed by atoms with Gasteiger partial charge >= 0.3 is 5.97 Å². The van der Waals surface area contributed by atoms with Crippen molar-refractivity contribution in [2.45, 2.75) is 46.5 Å². The van der Waals surface area contributed by atoms with E-state index in [-0.39, 0.29) is 53.0 Å². The Kier molecular flexibility index (Phi) is 8.30. The fourth-order valence-corrected chi connectivity index (χ4v) is 5.09. The normalized spacial score (nSPS) is 12.5. The Hall–Kier alpha value is -3.93. The van der Waals surface area contributed by atoms with E-state index in [1.54, 1.807) is 13.8 Å². The predicted octanol–water partition coefficient (Wildman–Crippen LogP) is 4.14. The standard InChI is InChI=1S/C24H25N3O8S/c1-4-35-24(32)18-13(2)20(14(3)28)36-21(18)25-17(29)11-6-5-7-12-26-22(30)15-9-8-10-16(27(33)34)19(15)23(26)31/h8-10H,4-7,11-12H2,1-3H3,(H,25,29). The number of thiophene rings is 1. The molecule has 0 spiro atoms. The number of amides is 3. The summed E-state index contributed by atoms with van der Waals surface area (Å²) in [6.45, 7) is 4.89. The van der Waals surface area contributed by atoms with Crippen molar-refractivity contribution in [1.82, 2.24) is 4.90 Å². The number of carbonyl (C=O) groups is 5. The molecule has 1 aliphatic heterocycles. The maximum Gasteiger partial charge on any atom is 0.341 e. The van der Waals surface area contributed by atoms with Crippen molar-refractivity contribution >= 4 is 51.5 Å². The summed E-state index contributed by atoms with van der Waals surface area (Å²) in [5.74, 6) is -2.45. The second-order valence-corrected chi connectivity index (χ2v) is 9.14. The molecular weight excluding hydrogens is 490 g/mol. The van der Waals surface area contributed by atoms with Gasteiger partial charge in [-0.25, -0.2) is 4.79 Å². The highest BCUT2D eigenvalue weighted by molar-refractivity contribution is 7.18. The molecule has 0 saturated carbocycles. The number of ketones is 1. The first kappa shape index (κ1) is 26.7. The number of esters is 1. The Morgan fingerprint density at radius 2 is 1.86 bits per heavy atom. The topological polar surface area (TPSA) is 153 Å². The first-order valence-corrected chi connectivity index (χ1v) is 12.1. The quantitative estimate of drug-likeness (QED) is 0.117. The monoisotopic (exact) mass is 515 g/mol. The SMILES string of the molecule is CCOC(=O)c1c(NC(=O)CCCCCN2C(=O)c3cccc([N+](=O)[O-])c3C2=O)sc(C(C)=O)c1C. The van der Waals surface area contributed by atoms with Gasteiger partial charge in [-0.3, -0.25) is 34.2 Å². The summed E-state index contributed by atoms with van der Waals surface area (Å²) in [5.41, 5.74) is 0.0501. The van der Waals surface area contributed by atoms with E-state index < -0.39 is 28.4 Å². The average molecular weight is 516 g/mol. The molecule has 12 heteroatoms. The maximum absolute atomic E-state index is 12.6. The Bertz CT molecular complexity index is 1270. The number of anilines is 1. The smallest absolute Gasteiger partial charge is 0.341 e. The Morgan fingerprint density at radius 1 is 1.14 bits per heavy atom. The lowest BCUT2D eigenvalue weighted by Gasteiger charge is -2.13. The number of hydrogen-bond donors (Lipinski definition) is 1. The van der Waals surface area contributed by atoms with E-state index in [1.165, 1.54) is 25.1 Å². The number of nitro benzene ring substituents is 1. The van der Waals surface area contributed by atoms with Crippen LogP contribution in [0.5, 0.6) is 0 Å². The molecular formula is C24H25N3O8S. The van der Waals surface area contributed by atoms with Gasteiger partial charge in [0, 0.05) is 19.0 Å². The molecule has 0 unspecified atom stereocenters. The molecule has 0 aliphatic carbocycles. The van der Waals surface area contributed by atoms with Crippen molar-refractivity contribution in [1.29, 1.82) is 0 Å². The number of nitro groups is 1. The van der Waals surface area contributed by atoms with Crippen molar-refractivity contribution < 1.29 is 33.6 Å². The fraction of sp³-hybridized carbons (Fsp3) is 0.375. The average Bonchev–Trinajstić information content (AvgIpc) is 3.27. The summed E-state index contributed by atoms with van der Waals surface area (Å²) in [6.07, 6.45) is 1.47. The molecule has 3 rings (SSSR count). The van der Waals surface area contributed by atoms with Gasteiger partial charge in [-0.2, -0.15) is 0 Å². The van der Waals surface area contributed by atoms with E-state index in [0.717, 1.165) is 16.2 Å². The van der Waals surface area contributed by atoms with Crippen molar-refractivity contribution in [3.63, 3.8) is 0 Å². The minimum absolute atomic E-state index is 0.0159. The molecule has 0 bridgehead atoms. The second-order valence-electron chi connectivity index (χ2n) is 8.11. The largest absolute Gasteiger partial charge is 0.462 e. The number of hydrogen-bond acceptors (Lipinski definition) is 9. The number of unbranched alkanes of at least 4 members (excludes halogenated alkanes) is 2. The van der Waals surface area contributed by atoms with Gasteiger partial charge in [0.1, 0.15) is 10.6 Å². The van der Waals surface area contributed by atoms with E-state index in [1.807, 2.05) is 0 Å². The zero-order chi connectivity index (χ0) is 26.6. The molecule has 2 heterocycles. The summed E-state index contributed by atoms with van der Waals surface area (Å²) < 4.78 is 5.06. The number of rotatable bonds is 11. The first-order valence-electron chi connectivity index (χ1n) is 11.3.